The highest BCUT2D eigenvalue weighted by molar-refractivity contribution is 7.80. The SMILES string of the molecule is CC[C@@H](C)c1ccccc1NC(=S)NC(=O)COc1cc(C)c(Cl)c(C)c1. The molecule has 0 saturated carbocycles. The van der Waals surface area contributed by atoms with E-state index in [0.29, 0.717) is 16.7 Å². The molecule has 2 rings (SSSR count). The number of benzene rings is 2. The number of halogens is 1. The molecular formula is C21H25ClN2O2S. The number of para-hydroxylation sites is 1. The Kier molecular flexibility index (Phi) is 7.63. The molecule has 2 aromatic rings. The van der Waals surface area contributed by atoms with Crippen molar-refractivity contribution in [1.82, 2.24) is 5.32 Å². The Hall–Kier alpha value is -2.11. The normalized spacial score (nSPS) is 11.6. The number of carbonyl (C=O) groups excluding carboxylic acids is 1. The zero-order valence-electron chi connectivity index (χ0n) is 16.1. The zero-order chi connectivity index (χ0) is 20.0. The van der Waals surface area contributed by atoms with Gasteiger partial charge in [0.25, 0.3) is 5.91 Å². The molecule has 0 radical (unpaired) electrons. The quantitative estimate of drug-likeness (QED) is 0.636. The van der Waals surface area contributed by atoms with Crippen LogP contribution in [-0.2, 0) is 4.79 Å². The first-order chi connectivity index (χ1) is 12.8. The Morgan fingerprint density at radius 3 is 2.48 bits per heavy atom. The Morgan fingerprint density at radius 2 is 1.85 bits per heavy atom. The highest BCUT2D eigenvalue weighted by Crippen LogP contribution is 2.27. The minimum atomic E-state index is -0.321. The van der Waals surface area contributed by atoms with Crippen molar-refractivity contribution in [2.75, 3.05) is 11.9 Å². The monoisotopic (exact) mass is 404 g/mol. The number of thiocarbonyl (C=S) groups is 1. The molecule has 0 saturated heterocycles. The van der Waals surface area contributed by atoms with Crippen LogP contribution >= 0.6 is 23.8 Å². The van der Waals surface area contributed by atoms with E-state index >= 15 is 0 Å². The molecule has 0 aromatic heterocycles. The molecule has 0 heterocycles. The summed E-state index contributed by atoms with van der Waals surface area (Å²) < 4.78 is 5.56. The van der Waals surface area contributed by atoms with Gasteiger partial charge in [-0.1, -0.05) is 43.6 Å². The van der Waals surface area contributed by atoms with Crippen LogP contribution in [0.25, 0.3) is 0 Å². The predicted molar refractivity (Wildman–Crippen MR) is 116 cm³/mol. The van der Waals surface area contributed by atoms with Crippen LogP contribution in [0.1, 0.15) is 42.9 Å². The second-order valence-electron chi connectivity index (χ2n) is 6.56. The molecule has 1 atom stereocenters. The van der Waals surface area contributed by atoms with Crippen LogP contribution in [0, 0.1) is 13.8 Å². The molecule has 2 N–H and O–H groups in total. The zero-order valence-corrected chi connectivity index (χ0v) is 17.6. The fourth-order valence-electron chi connectivity index (χ4n) is 2.72. The van der Waals surface area contributed by atoms with Gasteiger partial charge >= 0.3 is 0 Å². The lowest BCUT2D eigenvalue weighted by Crippen LogP contribution is -2.37. The number of ether oxygens (including phenoxy) is 1. The van der Waals surface area contributed by atoms with Gasteiger partial charge in [-0.3, -0.25) is 10.1 Å². The van der Waals surface area contributed by atoms with Crippen LogP contribution in [0.5, 0.6) is 5.75 Å². The molecule has 27 heavy (non-hydrogen) atoms. The molecule has 0 unspecified atom stereocenters. The molecule has 0 spiro atoms. The van der Waals surface area contributed by atoms with E-state index in [9.17, 15) is 4.79 Å². The standard InChI is InChI=1S/C21H25ClN2O2S/c1-5-13(2)17-8-6-7-9-18(17)23-21(27)24-19(25)12-26-16-10-14(3)20(22)15(4)11-16/h6-11,13H,5,12H2,1-4H3,(H2,23,24,25,27)/t13-/m1/s1. The minimum absolute atomic E-state index is 0.130. The molecule has 6 heteroatoms. The van der Waals surface area contributed by atoms with Gasteiger partial charge in [-0.2, -0.15) is 0 Å². The van der Waals surface area contributed by atoms with Crippen LogP contribution in [0.15, 0.2) is 36.4 Å². The van der Waals surface area contributed by atoms with Gasteiger partial charge in [0.1, 0.15) is 5.75 Å². The number of carbonyl (C=O) groups is 1. The summed E-state index contributed by atoms with van der Waals surface area (Å²) in [4.78, 5) is 12.1. The third-order valence-electron chi connectivity index (χ3n) is 4.39. The average Bonchev–Trinajstić information content (AvgIpc) is 2.64. The highest BCUT2D eigenvalue weighted by Gasteiger charge is 2.12. The number of hydrogen-bond donors (Lipinski definition) is 2. The van der Waals surface area contributed by atoms with Crippen LogP contribution in [0.3, 0.4) is 0 Å². The summed E-state index contributed by atoms with van der Waals surface area (Å²) in [6.45, 7) is 7.96. The third-order valence-corrected chi connectivity index (χ3v) is 5.19. The molecule has 2 aromatic carbocycles. The van der Waals surface area contributed by atoms with Crippen LogP contribution < -0.4 is 15.4 Å². The Labute approximate surface area is 171 Å². The molecule has 4 nitrogen and oxygen atoms in total. The molecule has 144 valence electrons. The smallest absolute Gasteiger partial charge is 0.264 e. The summed E-state index contributed by atoms with van der Waals surface area (Å²) >= 11 is 11.4. The maximum Gasteiger partial charge on any atom is 0.264 e. The molecule has 0 fully saturated rings. The first kappa shape index (κ1) is 21.2. The van der Waals surface area contributed by atoms with Crippen molar-refractivity contribution >= 4 is 40.5 Å². The van der Waals surface area contributed by atoms with Gasteiger partial charge in [-0.15, -0.1) is 0 Å². The number of hydrogen-bond acceptors (Lipinski definition) is 3. The van der Waals surface area contributed by atoms with Crippen molar-refractivity contribution in [3.8, 4) is 5.75 Å². The number of aryl methyl sites for hydroxylation is 2. The molecule has 0 aliphatic heterocycles. The van der Waals surface area contributed by atoms with Gasteiger partial charge in [0.05, 0.1) is 0 Å². The summed E-state index contributed by atoms with van der Waals surface area (Å²) in [5, 5.41) is 6.72. The lowest BCUT2D eigenvalue weighted by atomic mass is 9.97. The van der Waals surface area contributed by atoms with Crippen LogP contribution in [-0.4, -0.2) is 17.6 Å². The fourth-order valence-corrected chi connectivity index (χ4v) is 3.05. The van der Waals surface area contributed by atoms with Gasteiger partial charge in [0, 0.05) is 10.7 Å². The van der Waals surface area contributed by atoms with E-state index in [-0.39, 0.29) is 17.6 Å². The fraction of sp³-hybridized carbons (Fsp3) is 0.333. The summed E-state index contributed by atoms with van der Waals surface area (Å²) in [5.41, 5.74) is 3.89. The second kappa shape index (κ2) is 9.72. The minimum Gasteiger partial charge on any atom is -0.484 e. The average molecular weight is 405 g/mol. The van der Waals surface area contributed by atoms with Gasteiger partial charge < -0.3 is 10.1 Å². The summed E-state index contributed by atoms with van der Waals surface area (Å²) in [6, 6.07) is 11.6. The van der Waals surface area contributed by atoms with Crippen molar-refractivity contribution in [1.29, 1.82) is 0 Å². The van der Waals surface area contributed by atoms with Gasteiger partial charge in [-0.05, 0) is 73.3 Å². The summed E-state index contributed by atoms with van der Waals surface area (Å²) in [6.07, 6.45) is 1.02. The highest BCUT2D eigenvalue weighted by atomic mass is 35.5. The maximum atomic E-state index is 12.1. The Balaban J connectivity index is 1.92. The lowest BCUT2D eigenvalue weighted by molar-refractivity contribution is -0.121. The van der Waals surface area contributed by atoms with Crippen molar-refractivity contribution in [2.24, 2.45) is 0 Å². The molecule has 0 bridgehead atoms. The maximum absolute atomic E-state index is 12.1. The van der Waals surface area contributed by atoms with Gasteiger partial charge in [0.15, 0.2) is 11.7 Å². The first-order valence-corrected chi connectivity index (χ1v) is 9.69. The number of amides is 1. The molecule has 0 aliphatic rings. The van der Waals surface area contributed by atoms with E-state index in [1.54, 1.807) is 0 Å². The van der Waals surface area contributed by atoms with Crippen molar-refractivity contribution in [3.63, 3.8) is 0 Å². The lowest BCUT2D eigenvalue weighted by Gasteiger charge is -2.17. The first-order valence-electron chi connectivity index (χ1n) is 8.91. The van der Waals surface area contributed by atoms with E-state index in [1.165, 1.54) is 5.56 Å². The van der Waals surface area contributed by atoms with E-state index < -0.39 is 0 Å². The third kappa shape index (κ3) is 5.94. The van der Waals surface area contributed by atoms with E-state index in [4.69, 9.17) is 28.6 Å². The molecule has 0 aliphatic carbocycles. The largest absolute Gasteiger partial charge is 0.484 e. The Morgan fingerprint density at radius 1 is 1.22 bits per heavy atom. The van der Waals surface area contributed by atoms with E-state index in [0.717, 1.165) is 23.2 Å². The van der Waals surface area contributed by atoms with Gasteiger partial charge in [-0.25, -0.2) is 0 Å². The van der Waals surface area contributed by atoms with Crippen molar-refractivity contribution in [2.45, 2.75) is 40.0 Å². The van der Waals surface area contributed by atoms with Crippen molar-refractivity contribution < 1.29 is 9.53 Å². The number of anilines is 1. The van der Waals surface area contributed by atoms with E-state index in [2.05, 4.69) is 30.5 Å². The Bertz CT molecular complexity index is 816. The molecule has 1 amide bonds. The van der Waals surface area contributed by atoms with Crippen LogP contribution in [0.4, 0.5) is 5.69 Å². The topological polar surface area (TPSA) is 50.4 Å². The number of rotatable bonds is 6. The predicted octanol–water partition coefficient (Wildman–Crippen LogP) is 5.36. The summed E-state index contributed by atoms with van der Waals surface area (Å²) in [7, 11) is 0. The number of nitrogens with one attached hydrogen (secondary N) is 2. The van der Waals surface area contributed by atoms with Crippen LogP contribution in [0.2, 0.25) is 5.02 Å². The van der Waals surface area contributed by atoms with E-state index in [1.807, 2.05) is 44.2 Å². The van der Waals surface area contributed by atoms with Gasteiger partial charge in [0.2, 0.25) is 0 Å². The van der Waals surface area contributed by atoms with Crippen molar-refractivity contribution in [3.05, 3.63) is 58.1 Å². The molecular weight excluding hydrogens is 380 g/mol. The summed E-state index contributed by atoms with van der Waals surface area (Å²) in [5.74, 6) is 0.677. The second-order valence-corrected chi connectivity index (χ2v) is 7.34.